The second kappa shape index (κ2) is 10.1. The van der Waals surface area contributed by atoms with Gasteiger partial charge < -0.3 is 9.64 Å². The molecule has 0 saturated carbocycles. The van der Waals surface area contributed by atoms with Crippen LogP contribution in [0.1, 0.15) is 68.1 Å². The van der Waals surface area contributed by atoms with E-state index in [9.17, 15) is 14.4 Å². The van der Waals surface area contributed by atoms with E-state index in [2.05, 4.69) is 9.97 Å². The number of ether oxygens (including phenoxy) is 1. The summed E-state index contributed by atoms with van der Waals surface area (Å²) in [5.74, 6) is 0.787. The fourth-order valence-corrected chi connectivity index (χ4v) is 4.83. The van der Waals surface area contributed by atoms with Gasteiger partial charge in [-0.3, -0.25) is 19.1 Å². The first kappa shape index (κ1) is 24.7. The molecule has 8 nitrogen and oxygen atoms in total. The van der Waals surface area contributed by atoms with Crippen LogP contribution in [0.25, 0.3) is 11.0 Å². The van der Waals surface area contributed by atoms with E-state index in [1.54, 1.807) is 13.2 Å². The second-order valence-corrected chi connectivity index (χ2v) is 10.1. The Morgan fingerprint density at radius 1 is 1.20 bits per heavy atom. The maximum Gasteiger partial charge on any atom is 0.330 e. The van der Waals surface area contributed by atoms with E-state index in [0.717, 1.165) is 24.2 Å². The van der Waals surface area contributed by atoms with Crippen LogP contribution in [0.3, 0.4) is 0 Å². The number of fused-ring (bicyclic) bond motifs is 1. The van der Waals surface area contributed by atoms with Crippen LogP contribution in [0.2, 0.25) is 0 Å². The zero-order valence-electron chi connectivity index (χ0n) is 21.1. The number of hydrogen-bond acceptors (Lipinski definition) is 5. The molecular weight excluding hydrogens is 444 g/mol. The third-order valence-electron chi connectivity index (χ3n) is 6.58. The molecule has 0 aliphatic carbocycles. The Hall–Kier alpha value is -3.42. The van der Waals surface area contributed by atoms with E-state index in [1.165, 1.54) is 4.57 Å². The van der Waals surface area contributed by atoms with Crippen LogP contribution in [-0.2, 0) is 13.0 Å². The molecule has 1 N–H and O–H groups in total. The highest BCUT2D eigenvalue weighted by atomic mass is 16.5. The lowest BCUT2D eigenvalue weighted by molar-refractivity contribution is 0.0738. The first-order chi connectivity index (χ1) is 16.7. The molecule has 35 heavy (non-hydrogen) atoms. The smallest absolute Gasteiger partial charge is 0.330 e. The van der Waals surface area contributed by atoms with E-state index < -0.39 is 11.2 Å². The van der Waals surface area contributed by atoms with E-state index in [-0.39, 0.29) is 34.8 Å². The normalized spacial score (nSPS) is 16.0. The molecule has 186 valence electrons. The van der Waals surface area contributed by atoms with Crippen molar-refractivity contribution < 1.29 is 9.53 Å². The van der Waals surface area contributed by atoms with Gasteiger partial charge in [0.2, 0.25) is 0 Å². The number of hydrogen-bond donors (Lipinski definition) is 1. The number of likely N-dealkylation sites (tertiary alicyclic amines) is 1. The van der Waals surface area contributed by atoms with Crippen LogP contribution in [0.5, 0.6) is 5.75 Å². The van der Waals surface area contributed by atoms with Crippen LogP contribution in [-0.4, -0.2) is 45.0 Å². The van der Waals surface area contributed by atoms with Crippen molar-refractivity contribution in [1.29, 1.82) is 0 Å². The Bertz CT molecular complexity index is 1360. The van der Waals surface area contributed by atoms with Gasteiger partial charge in [-0.05, 0) is 54.9 Å². The van der Waals surface area contributed by atoms with E-state index in [4.69, 9.17) is 4.74 Å². The number of aromatic nitrogens is 3. The van der Waals surface area contributed by atoms with Crippen molar-refractivity contribution in [2.24, 2.45) is 5.92 Å². The number of nitrogens with zero attached hydrogens (tertiary/aromatic N) is 3. The van der Waals surface area contributed by atoms with E-state index in [0.29, 0.717) is 30.8 Å². The lowest BCUT2D eigenvalue weighted by Gasteiger charge is -2.26. The zero-order valence-corrected chi connectivity index (χ0v) is 21.1. The average Bonchev–Trinajstić information content (AvgIpc) is 3.28. The van der Waals surface area contributed by atoms with E-state index in [1.807, 2.05) is 56.9 Å². The van der Waals surface area contributed by atoms with Crippen molar-refractivity contribution in [3.63, 3.8) is 0 Å². The average molecular weight is 479 g/mol. The number of amides is 1. The largest absolute Gasteiger partial charge is 0.497 e. The Balaban J connectivity index is 1.81. The first-order valence-electron chi connectivity index (χ1n) is 12.3. The highest BCUT2D eigenvalue weighted by molar-refractivity contribution is 6.05. The number of nitrogens with one attached hydrogen (secondary N) is 1. The van der Waals surface area contributed by atoms with Gasteiger partial charge in [0.1, 0.15) is 5.75 Å². The summed E-state index contributed by atoms with van der Waals surface area (Å²) in [5.41, 5.74) is 1.31. The monoisotopic (exact) mass is 478 g/mol. The number of pyridine rings is 1. The van der Waals surface area contributed by atoms with Gasteiger partial charge in [-0.25, -0.2) is 9.78 Å². The molecule has 0 bridgehead atoms. The van der Waals surface area contributed by atoms with Gasteiger partial charge in [-0.15, -0.1) is 0 Å². The standard InChI is InChI=1S/C27H34N4O4/c1-16(2)15-31-24-23(25(32)29-27(31)34)21(14-22(28-24)17(3)4)26(33)30-11-7-9-19(30)12-18-8-6-10-20(13-18)35-5/h6,8,10,13-14,16-17,19H,7,9,11-12,15H2,1-5H3,(H,29,32,34). The zero-order chi connectivity index (χ0) is 25.3. The number of H-pyrrole nitrogens is 1. The van der Waals surface area contributed by atoms with Crippen LogP contribution in [0.15, 0.2) is 39.9 Å². The molecule has 4 rings (SSSR count). The van der Waals surface area contributed by atoms with Crippen molar-refractivity contribution in [2.75, 3.05) is 13.7 Å². The molecule has 0 radical (unpaired) electrons. The van der Waals surface area contributed by atoms with Crippen LogP contribution >= 0.6 is 0 Å². The maximum absolute atomic E-state index is 14.0. The van der Waals surface area contributed by atoms with Crippen molar-refractivity contribution >= 4 is 16.9 Å². The Morgan fingerprint density at radius 2 is 1.97 bits per heavy atom. The minimum atomic E-state index is -0.570. The van der Waals surface area contributed by atoms with Crippen molar-refractivity contribution in [3.05, 3.63) is 68.0 Å². The minimum absolute atomic E-state index is 0.0148. The topological polar surface area (TPSA) is 97.3 Å². The molecule has 1 saturated heterocycles. The summed E-state index contributed by atoms with van der Waals surface area (Å²) >= 11 is 0. The van der Waals surface area contributed by atoms with Gasteiger partial charge in [0.05, 0.1) is 18.1 Å². The summed E-state index contributed by atoms with van der Waals surface area (Å²) in [6.45, 7) is 8.99. The fourth-order valence-electron chi connectivity index (χ4n) is 4.83. The molecule has 1 aliphatic rings. The summed E-state index contributed by atoms with van der Waals surface area (Å²) in [6, 6.07) is 9.64. The fraction of sp³-hybridized carbons (Fsp3) is 0.481. The molecule has 1 atom stereocenters. The van der Waals surface area contributed by atoms with E-state index >= 15 is 0 Å². The number of benzene rings is 1. The molecular formula is C27H34N4O4. The minimum Gasteiger partial charge on any atom is -0.497 e. The van der Waals surface area contributed by atoms with Crippen LogP contribution in [0.4, 0.5) is 0 Å². The maximum atomic E-state index is 14.0. The predicted octanol–water partition coefficient (Wildman–Crippen LogP) is 3.72. The lowest BCUT2D eigenvalue weighted by atomic mass is 10.0. The van der Waals surface area contributed by atoms with Crippen LogP contribution < -0.4 is 16.0 Å². The summed E-state index contributed by atoms with van der Waals surface area (Å²) < 4.78 is 6.84. The molecule has 8 heteroatoms. The highest BCUT2D eigenvalue weighted by Crippen LogP contribution is 2.27. The Labute approximate surface area is 205 Å². The van der Waals surface area contributed by atoms with Gasteiger partial charge in [-0.1, -0.05) is 39.8 Å². The molecule has 0 spiro atoms. The first-order valence-corrected chi connectivity index (χ1v) is 12.3. The number of rotatable bonds is 7. The molecule has 3 heterocycles. The second-order valence-electron chi connectivity index (χ2n) is 10.1. The third-order valence-corrected chi connectivity index (χ3v) is 6.58. The van der Waals surface area contributed by atoms with Crippen molar-refractivity contribution in [1.82, 2.24) is 19.4 Å². The van der Waals surface area contributed by atoms with Gasteiger partial charge in [0.25, 0.3) is 11.5 Å². The van der Waals surface area contributed by atoms with Crippen molar-refractivity contribution in [2.45, 2.75) is 65.5 Å². The number of aromatic amines is 1. The third kappa shape index (κ3) is 5.01. The summed E-state index contributed by atoms with van der Waals surface area (Å²) in [6.07, 6.45) is 2.49. The van der Waals surface area contributed by atoms with Gasteiger partial charge in [0, 0.05) is 24.8 Å². The number of carbonyl (C=O) groups excluding carboxylic acids is 1. The quantitative estimate of drug-likeness (QED) is 0.558. The highest BCUT2D eigenvalue weighted by Gasteiger charge is 2.32. The Morgan fingerprint density at radius 3 is 2.66 bits per heavy atom. The van der Waals surface area contributed by atoms with Gasteiger partial charge in [0.15, 0.2) is 5.65 Å². The molecule has 1 fully saturated rings. The van der Waals surface area contributed by atoms with Crippen LogP contribution in [0, 0.1) is 5.92 Å². The lowest BCUT2D eigenvalue weighted by Crippen LogP contribution is -2.39. The molecule has 1 amide bonds. The molecule has 1 unspecified atom stereocenters. The summed E-state index contributed by atoms with van der Waals surface area (Å²) in [4.78, 5) is 48.6. The summed E-state index contributed by atoms with van der Waals surface area (Å²) in [7, 11) is 1.64. The number of carbonyl (C=O) groups is 1. The molecule has 1 aromatic carbocycles. The SMILES string of the molecule is COc1cccc(CC2CCCN2C(=O)c2cc(C(C)C)nc3c2c(=O)[nH]c(=O)n3CC(C)C)c1. The molecule has 1 aliphatic heterocycles. The van der Waals surface area contributed by atoms with Gasteiger partial charge >= 0.3 is 5.69 Å². The van der Waals surface area contributed by atoms with Gasteiger partial charge in [-0.2, -0.15) is 0 Å². The summed E-state index contributed by atoms with van der Waals surface area (Å²) in [5, 5.41) is 0.187. The Kier molecular flexibility index (Phi) is 7.10. The predicted molar refractivity (Wildman–Crippen MR) is 136 cm³/mol. The van der Waals surface area contributed by atoms with Crippen molar-refractivity contribution in [3.8, 4) is 5.75 Å². The number of methoxy groups -OCH3 is 1. The molecule has 2 aromatic heterocycles. The molecule has 3 aromatic rings.